The van der Waals surface area contributed by atoms with E-state index in [0.717, 1.165) is 11.1 Å². The van der Waals surface area contributed by atoms with Gasteiger partial charge < -0.3 is 10.4 Å². The van der Waals surface area contributed by atoms with Crippen LogP contribution in [0.2, 0.25) is 0 Å². The quantitative estimate of drug-likeness (QED) is 0.782. The van der Waals surface area contributed by atoms with Crippen molar-refractivity contribution in [3.63, 3.8) is 0 Å². The van der Waals surface area contributed by atoms with Gasteiger partial charge in [0, 0.05) is 12.1 Å². The van der Waals surface area contributed by atoms with Crippen LogP contribution in [0.15, 0.2) is 35.9 Å². The minimum absolute atomic E-state index is 0.139. The average molecular weight is 233 g/mol. The number of benzene rings is 1. The molecule has 0 aliphatic rings. The van der Waals surface area contributed by atoms with Crippen LogP contribution in [-0.2, 0) is 4.79 Å². The van der Waals surface area contributed by atoms with Gasteiger partial charge in [0.1, 0.15) is 0 Å². The average Bonchev–Trinajstić information content (AvgIpc) is 2.35. The number of rotatable bonds is 4. The molecule has 1 aromatic carbocycles. The molecule has 0 saturated heterocycles. The molecule has 1 rings (SSSR count). The Kier molecular flexibility index (Phi) is 4.91. The Morgan fingerprint density at radius 3 is 2.71 bits per heavy atom. The first-order valence-electron chi connectivity index (χ1n) is 5.71. The van der Waals surface area contributed by atoms with Gasteiger partial charge in [-0.15, -0.1) is 0 Å². The molecule has 3 nitrogen and oxygen atoms in total. The summed E-state index contributed by atoms with van der Waals surface area (Å²) < 4.78 is 0. The molecule has 92 valence electrons. The predicted octanol–water partition coefficient (Wildman–Crippen LogP) is 2.11. The molecule has 17 heavy (non-hydrogen) atoms. The number of aliphatic hydroxyl groups is 1. The zero-order valence-corrected chi connectivity index (χ0v) is 10.5. The maximum absolute atomic E-state index is 11.5. The molecule has 0 fully saturated rings. The van der Waals surface area contributed by atoms with Crippen molar-refractivity contribution in [3.05, 3.63) is 47.0 Å². The number of carbonyl (C=O) groups is 1. The van der Waals surface area contributed by atoms with Crippen LogP contribution in [0.5, 0.6) is 0 Å². The molecule has 1 aromatic rings. The van der Waals surface area contributed by atoms with E-state index in [2.05, 4.69) is 5.32 Å². The second-order valence-corrected chi connectivity index (χ2v) is 4.05. The number of aliphatic hydroxyl groups excluding tert-OH is 1. The lowest BCUT2D eigenvalue weighted by Gasteiger charge is -2.14. The highest BCUT2D eigenvalue weighted by Gasteiger charge is 2.11. The predicted molar refractivity (Wildman–Crippen MR) is 68.6 cm³/mol. The second-order valence-electron chi connectivity index (χ2n) is 4.05. The van der Waals surface area contributed by atoms with E-state index in [1.807, 2.05) is 38.1 Å². The monoisotopic (exact) mass is 233 g/mol. The maximum Gasteiger partial charge on any atom is 0.246 e. The Morgan fingerprint density at radius 2 is 2.12 bits per heavy atom. The third-order valence-electron chi connectivity index (χ3n) is 2.79. The van der Waals surface area contributed by atoms with Crippen LogP contribution in [0.25, 0.3) is 0 Å². The summed E-state index contributed by atoms with van der Waals surface area (Å²) in [6, 6.07) is 7.62. The summed E-state index contributed by atoms with van der Waals surface area (Å²) in [4.78, 5) is 11.5. The molecule has 1 atom stereocenters. The van der Waals surface area contributed by atoms with E-state index in [4.69, 9.17) is 0 Å². The van der Waals surface area contributed by atoms with Crippen LogP contribution in [0.1, 0.15) is 31.1 Å². The number of amides is 1. The van der Waals surface area contributed by atoms with Gasteiger partial charge in [-0.3, -0.25) is 4.79 Å². The van der Waals surface area contributed by atoms with Crippen molar-refractivity contribution >= 4 is 5.91 Å². The Morgan fingerprint density at radius 1 is 1.47 bits per heavy atom. The first-order valence-corrected chi connectivity index (χ1v) is 5.71. The summed E-state index contributed by atoms with van der Waals surface area (Å²) in [6.07, 6.45) is 1.08. The summed E-state index contributed by atoms with van der Waals surface area (Å²) in [6.45, 7) is 5.73. The molecular weight excluding hydrogens is 214 g/mol. The number of nitrogens with one attached hydrogen (secondary N) is 1. The standard InChI is InChI=1S/C14H19NO2/c1-4-10(2)14(17)15-9-13(16)12-8-6-5-7-11(12)3/h4-8,13,16H,9H2,1-3H3,(H,15,17)/b10-4-. The van der Waals surface area contributed by atoms with Gasteiger partial charge in [-0.25, -0.2) is 0 Å². The summed E-state index contributed by atoms with van der Waals surface area (Å²) in [5.41, 5.74) is 2.53. The zero-order chi connectivity index (χ0) is 12.8. The topological polar surface area (TPSA) is 49.3 Å². The van der Waals surface area contributed by atoms with Crippen LogP contribution >= 0.6 is 0 Å². The molecule has 1 amide bonds. The van der Waals surface area contributed by atoms with Crippen molar-refractivity contribution in [3.8, 4) is 0 Å². The van der Waals surface area contributed by atoms with Gasteiger partial charge in [0.25, 0.3) is 0 Å². The van der Waals surface area contributed by atoms with E-state index in [0.29, 0.717) is 5.57 Å². The van der Waals surface area contributed by atoms with E-state index in [-0.39, 0.29) is 12.5 Å². The summed E-state index contributed by atoms with van der Waals surface area (Å²) in [5, 5.41) is 12.7. The molecular formula is C14H19NO2. The number of hydrogen-bond acceptors (Lipinski definition) is 2. The lowest BCUT2D eigenvalue weighted by molar-refractivity contribution is -0.117. The summed E-state index contributed by atoms with van der Waals surface area (Å²) in [7, 11) is 0. The van der Waals surface area contributed by atoms with Gasteiger partial charge in [-0.2, -0.15) is 0 Å². The maximum atomic E-state index is 11.5. The Bertz CT molecular complexity index is 424. The minimum atomic E-state index is -0.662. The normalized spacial score (nSPS) is 13.3. The van der Waals surface area contributed by atoms with Crippen molar-refractivity contribution in [1.82, 2.24) is 5.32 Å². The smallest absolute Gasteiger partial charge is 0.246 e. The van der Waals surface area contributed by atoms with Crippen molar-refractivity contribution in [1.29, 1.82) is 0 Å². The summed E-state index contributed by atoms with van der Waals surface area (Å²) in [5.74, 6) is -0.139. The van der Waals surface area contributed by atoms with E-state index in [1.54, 1.807) is 13.0 Å². The SMILES string of the molecule is C/C=C(/C)C(=O)NCC(O)c1ccccc1C. The van der Waals surface area contributed by atoms with Crippen LogP contribution in [-0.4, -0.2) is 17.6 Å². The first-order chi connectivity index (χ1) is 8.06. The Hall–Kier alpha value is -1.61. The van der Waals surface area contributed by atoms with Crippen LogP contribution < -0.4 is 5.32 Å². The van der Waals surface area contributed by atoms with E-state index in [1.165, 1.54) is 0 Å². The lowest BCUT2D eigenvalue weighted by atomic mass is 10.0. The molecule has 0 radical (unpaired) electrons. The third kappa shape index (κ3) is 3.71. The fraction of sp³-hybridized carbons (Fsp3) is 0.357. The van der Waals surface area contributed by atoms with E-state index in [9.17, 15) is 9.90 Å². The number of hydrogen-bond donors (Lipinski definition) is 2. The Balaban J connectivity index is 2.59. The van der Waals surface area contributed by atoms with Crippen molar-refractivity contribution < 1.29 is 9.90 Å². The van der Waals surface area contributed by atoms with Gasteiger partial charge in [-0.1, -0.05) is 30.3 Å². The molecule has 0 aliphatic carbocycles. The molecule has 3 heteroatoms. The van der Waals surface area contributed by atoms with Crippen molar-refractivity contribution in [2.24, 2.45) is 0 Å². The molecule has 0 saturated carbocycles. The third-order valence-corrected chi connectivity index (χ3v) is 2.79. The van der Waals surface area contributed by atoms with Crippen molar-refractivity contribution in [2.45, 2.75) is 26.9 Å². The Labute approximate surface area is 102 Å². The molecule has 0 aromatic heterocycles. The first kappa shape index (κ1) is 13.5. The molecule has 1 unspecified atom stereocenters. The minimum Gasteiger partial charge on any atom is -0.387 e. The van der Waals surface area contributed by atoms with Gasteiger partial charge in [0.05, 0.1) is 6.10 Å². The van der Waals surface area contributed by atoms with Gasteiger partial charge in [0.2, 0.25) is 5.91 Å². The summed E-state index contributed by atoms with van der Waals surface area (Å²) >= 11 is 0. The van der Waals surface area contributed by atoms with E-state index < -0.39 is 6.10 Å². The molecule has 2 N–H and O–H groups in total. The lowest BCUT2D eigenvalue weighted by Crippen LogP contribution is -2.29. The van der Waals surface area contributed by atoms with Gasteiger partial charge in [0.15, 0.2) is 0 Å². The fourth-order valence-corrected chi connectivity index (χ4v) is 1.53. The van der Waals surface area contributed by atoms with Gasteiger partial charge >= 0.3 is 0 Å². The zero-order valence-electron chi connectivity index (χ0n) is 10.5. The highest BCUT2D eigenvalue weighted by molar-refractivity contribution is 5.92. The van der Waals surface area contributed by atoms with Crippen molar-refractivity contribution in [2.75, 3.05) is 6.54 Å². The highest BCUT2D eigenvalue weighted by Crippen LogP contribution is 2.16. The number of aryl methyl sites for hydroxylation is 1. The van der Waals surface area contributed by atoms with Crippen LogP contribution in [0.4, 0.5) is 0 Å². The van der Waals surface area contributed by atoms with Crippen LogP contribution in [0.3, 0.4) is 0 Å². The van der Waals surface area contributed by atoms with E-state index >= 15 is 0 Å². The fourth-order valence-electron chi connectivity index (χ4n) is 1.53. The molecule has 0 heterocycles. The largest absolute Gasteiger partial charge is 0.387 e. The highest BCUT2D eigenvalue weighted by atomic mass is 16.3. The second kappa shape index (κ2) is 6.21. The van der Waals surface area contributed by atoms with Gasteiger partial charge in [-0.05, 0) is 31.9 Å². The molecule has 0 bridgehead atoms. The number of allylic oxidation sites excluding steroid dienone is 1. The number of carbonyl (C=O) groups excluding carboxylic acids is 1. The van der Waals surface area contributed by atoms with Crippen LogP contribution in [0, 0.1) is 6.92 Å². The molecule has 0 spiro atoms. The molecule has 0 aliphatic heterocycles.